The minimum atomic E-state index is -0.598. The second-order valence-corrected chi connectivity index (χ2v) is 5.42. The Bertz CT molecular complexity index is 461. The van der Waals surface area contributed by atoms with Gasteiger partial charge < -0.3 is 11.1 Å². The van der Waals surface area contributed by atoms with Crippen molar-refractivity contribution in [3.63, 3.8) is 0 Å². The van der Waals surface area contributed by atoms with Crippen LogP contribution in [0.3, 0.4) is 0 Å². The van der Waals surface area contributed by atoms with Crippen molar-refractivity contribution in [3.05, 3.63) is 35.1 Å². The highest BCUT2D eigenvalue weighted by Crippen LogP contribution is 2.24. The van der Waals surface area contributed by atoms with Crippen LogP contribution in [-0.4, -0.2) is 11.9 Å². The fraction of sp³-hybridized carbons (Fsp3) is 0.533. The van der Waals surface area contributed by atoms with Crippen LogP contribution in [0, 0.1) is 11.7 Å². The molecule has 1 aromatic carbocycles. The highest BCUT2D eigenvalue weighted by atomic mass is 19.1. The molecule has 2 atom stereocenters. The van der Waals surface area contributed by atoms with Gasteiger partial charge in [0, 0.05) is 23.7 Å². The van der Waals surface area contributed by atoms with Crippen molar-refractivity contribution in [2.45, 2.75) is 45.2 Å². The van der Waals surface area contributed by atoms with Gasteiger partial charge in [0.05, 0.1) is 0 Å². The van der Waals surface area contributed by atoms with Crippen LogP contribution in [0.15, 0.2) is 18.2 Å². The zero-order chi connectivity index (χ0) is 13.8. The van der Waals surface area contributed by atoms with Crippen molar-refractivity contribution in [1.82, 2.24) is 5.32 Å². The summed E-state index contributed by atoms with van der Waals surface area (Å²) >= 11 is 0. The molecule has 0 bridgehead atoms. The zero-order valence-electron chi connectivity index (χ0n) is 11.3. The van der Waals surface area contributed by atoms with E-state index in [0.29, 0.717) is 24.1 Å². The van der Waals surface area contributed by atoms with E-state index in [0.717, 1.165) is 6.42 Å². The van der Waals surface area contributed by atoms with Crippen molar-refractivity contribution in [2.75, 3.05) is 0 Å². The lowest BCUT2D eigenvalue weighted by Gasteiger charge is -2.29. The van der Waals surface area contributed by atoms with Crippen LogP contribution in [0.4, 0.5) is 4.39 Å². The maximum absolute atomic E-state index is 13.8. The Kier molecular flexibility index (Phi) is 4.53. The monoisotopic (exact) mass is 264 g/mol. The van der Waals surface area contributed by atoms with E-state index in [1.807, 2.05) is 0 Å². The summed E-state index contributed by atoms with van der Waals surface area (Å²) in [5.41, 5.74) is 5.92. The highest BCUT2D eigenvalue weighted by molar-refractivity contribution is 5.92. The number of halogens is 1. The normalized spacial score (nSPS) is 23.3. The molecule has 1 fully saturated rings. The number of hydrogen-bond donors (Lipinski definition) is 2. The number of nitrogens with two attached hydrogens (primary N) is 1. The van der Waals surface area contributed by atoms with Crippen LogP contribution in [0.5, 0.6) is 0 Å². The second kappa shape index (κ2) is 6.15. The average Bonchev–Trinajstić information content (AvgIpc) is 2.39. The molecule has 1 aliphatic carbocycles. The van der Waals surface area contributed by atoms with Crippen molar-refractivity contribution in [2.24, 2.45) is 11.7 Å². The molecule has 104 valence electrons. The van der Waals surface area contributed by atoms with E-state index in [4.69, 9.17) is 5.73 Å². The van der Waals surface area contributed by atoms with E-state index in [1.165, 1.54) is 25.3 Å². The molecule has 3 N–H and O–H groups in total. The van der Waals surface area contributed by atoms with Gasteiger partial charge in [-0.2, -0.15) is 0 Å². The Morgan fingerprint density at radius 2 is 2.16 bits per heavy atom. The predicted molar refractivity (Wildman–Crippen MR) is 73.2 cm³/mol. The van der Waals surface area contributed by atoms with Crippen molar-refractivity contribution >= 4 is 5.91 Å². The van der Waals surface area contributed by atoms with Gasteiger partial charge in [-0.3, -0.25) is 4.79 Å². The van der Waals surface area contributed by atoms with E-state index in [1.54, 1.807) is 12.1 Å². The molecule has 0 saturated heterocycles. The van der Waals surface area contributed by atoms with Gasteiger partial charge in [-0.1, -0.05) is 25.8 Å². The molecule has 1 aromatic rings. The molecule has 1 amide bonds. The van der Waals surface area contributed by atoms with Gasteiger partial charge in [0.2, 0.25) is 5.91 Å². The molecular formula is C15H21FN2O. The number of nitrogens with one attached hydrogen (secondary N) is 1. The minimum Gasteiger partial charge on any atom is -0.366 e. The zero-order valence-corrected chi connectivity index (χ0v) is 11.3. The lowest BCUT2D eigenvalue weighted by Crippen LogP contribution is -2.36. The summed E-state index contributed by atoms with van der Waals surface area (Å²) in [6.07, 6.45) is 4.93. The molecule has 1 aliphatic rings. The summed E-state index contributed by atoms with van der Waals surface area (Å²) in [5, 5.41) is 3.42. The van der Waals surface area contributed by atoms with E-state index in [-0.39, 0.29) is 11.4 Å². The topological polar surface area (TPSA) is 55.1 Å². The van der Waals surface area contributed by atoms with Crippen LogP contribution < -0.4 is 11.1 Å². The Morgan fingerprint density at radius 3 is 2.79 bits per heavy atom. The van der Waals surface area contributed by atoms with Crippen molar-refractivity contribution < 1.29 is 9.18 Å². The number of carbonyl (C=O) groups excluding carboxylic acids is 1. The Balaban J connectivity index is 1.97. The molecule has 0 heterocycles. The molecule has 19 heavy (non-hydrogen) atoms. The van der Waals surface area contributed by atoms with Crippen molar-refractivity contribution in [1.29, 1.82) is 0 Å². The molecule has 1 saturated carbocycles. The summed E-state index contributed by atoms with van der Waals surface area (Å²) < 4.78 is 13.8. The van der Waals surface area contributed by atoms with E-state index >= 15 is 0 Å². The molecule has 0 aromatic heterocycles. The maximum Gasteiger partial charge on any atom is 0.248 e. The van der Waals surface area contributed by atoms with E-state index in [9.17, 15) is 9.18 Å². The molecule has 0 aliphatic heterocycles. The first-order valence-electron chi connectivity index (χ1n) is 6.89. The van der Waals surface area contributed by atoms with Gasteiger partial charge >= 0.3 is 0 Å². The molecule has 2 unspecified atom stereocenters. The quantitative estimate of drug-likeness (QED) is 0.878. The average molecular weight is 264 g/mol. The first kappa shape index (κ1) is 14.0. The van der Waals surface area contributed by atoms with Gasteiger partial charge in [0.1, 0.15) is 5.82 Å². The molecule has 2 rings (SSSR count). The lowest BCUT2D eigenvalue weighted by atomic mass is 9.86. The third-order valence-corrected chi connectivity index (χ3v) is 4.00. The number of primary amides is 1. The Hall–Kier alpha value is -1.42. The van der Waals surface area contributed by atoms with Gasteiger partial charge in [-0.25, -0.2) is 4.39 Å². The summed E-state index contributed by atoms with van der Waals surface area (Å²) in [6, 6.07) is 4.88. The van der Waals surface area contributed by atoms with Gasteiger partial charge in [-0.15, -0.1) is 0 Å². The summed E-state index contributed by atoms with van der Waals surface area (Å²) in [4.78, 5) is 11.0. The van der Waals surface area contributed by atoms with Crippen LogP contribution in [0.25, 0.3) is 0 Å². The minimum absolute atomic E-state index is 0.215. The lowest BCUT2D eigenvalue weighted by molar-refractivity contribution is 0.1000. The largest absolute Gasteiger partial charge is 0.366 e. The fourth-order valence-electron chi connectivity index (χ4n) is 2.70. The number of hydrogen-bond acceptors (Lipinski definition) is 2. The van der Waals surface area contributed by atoms with Gasteiger partial charge in [0.15, 0.2) is 0 Å². The smallest absolute Gasteiger partial charge is 0.248 e. The van der Waals surface area contributed by atoms with E-state index < -0.39 is 5.91 Å². The third kappa shape index (κ3) is 3.53. The summed E-state index contributed by atoms with van der Waals surface area (Å²) in [6.45, 7) is 2.74. The standard InChI is InChI=1S/C15H21FN2O/c1-10-4-2-3-5-14(10)18-9-12-7-6-11(15(17)19)8-13(12)16/h6-8,10,14,18H,2-5,9H2,1H3,(H2,17,19). The molecule has 4 heteroatoms. The van der Waals surface area contributed by atoms with Crippen LogP contribution in [0.1, 0.15) is 48.5 Å². The summed E-state index contributed by atoms with van der Waals surface area (Å²) in [5.74, 6) is -0.326. The Morgan fingerprint density at radius 1 is 1.42 bits per heavy atom. The van der Waals surface area contributed by atoms with Crippen molar-refractivity contribution in [3.8, 4) is 0 Å². The van der Waals surface area contributed by atoms with Gasteiger partial charge in [0.25, 0.3) is 0 Å². The SMILES string of the molecule is CC1CCCCC1NCc1ccc(C(N)=O)cc1F. The first-order valence-corrected chi connectivity index (χ1v) is 6.89. The maximum atomic E-state index is 13.8. The third-order valence-electron chi connectivity index (χ3n) is 4.00. The van der Waals surface area contributed by atoms with Crippen LogP contribution in [0.2, 0.25) is 0 Å². The molecule has 0 spiro atoms. The number of carbonyl (C=O) groups is 1. The Labute approximate surface area is 113 Å². The van der Waals surface area contributed by atoms with Gasteiger partial charge in [-0.05, 0) is 30.9 Å². The number of rotatable bonds is 4. The van der Waals surface area contributed by atoms with E-state index in [2.05, 4.69) is 12.2 Å². The first-order chi connectivity index (χ1) is 9.08. The van der Waals surface area contributed by atoms with Crippen LogP contribution in [-0.2, 0) is 6.54 Å². The predicted octanol–water partition coefficient (Wildman–Crippen LogP) is 2.59. The number of benzene rings is 1. The highest BCUT2D eigenvalue weighted by Gasteiger charge is 2.20. The van der Waals surface area contributed by atoms with Crippen LogP contribution >= 0.6 is 0 Å². The second-order valence-electron chi connectivity index (χ2n) is 5.42. The molecule has 0 radical (unpaired) electrons. The summed E-state index contributed by atoms with van der Waals surface area (Å²) in [7, 11) is 0. The molecular weight excluding hydrogens is 243 g/mol. The molecule has 3 nitrogen and oxygen atoms in total. The number of amides is 1. The fourth-order valence-corrected chi connectivity index (χ4v) is 2.70.